The average Bonchev–Trinajstić information content (AvgIpc) is 3.16. The van der Waals surface area contributed by atoms with Gasteiger partial charge in [-0.15, -0.1) is 0 Å². The van der Waals surface area contributed by atoms with Crippen LogP contribution < -0.4 is 5.32 Å². The predicted octanol–water partition coefficient (Wildman–Crippen LogP) is 3.74. The summed E-state index contributed by atoms with van der Waals surface area (Å²) in [6, 6.07) is 8.94. The van der Waals surface area contributed by atoms with Gasteiger partial charge in [0.05, 0.1) is 6.61 Å². The molecule has 26 heavy (non-hydrogen) atoms. The van der Waals surface area contributed by atoms with Crippen molar-refractivity contribution in [3.05, 3.63) is 35.4 Å². The molecule has 1 aromatic carbocycles. The molecular weight excluding hydrogens is 322 g/mol. The molecule has 1 aromatic rings. The molecule has 1 aliphatic carbocycles. The van der Waals surface area contributed by atoms with E-state index in [1.165, 1.54) is 43.2 Å². The third-order valence-corrected chi connectivity index (χ3v) is 6.24. The van der Waals surface area contributed by atoms with Gasteiger partial charge in [-0.1, -0.05) is 43.5 Å². The second-order valence-electron chi connectivity index (χ2n) is 8.17. The summed E-state index contributed by atoms with van der Waals surface area (Å²) >= 11 is 0. The molecular formula is C22H35N3O. The molecule has 1 saturated heterocycles. The zero-order chi connectivity index (χ0) is 18.4. The number of ether oxygens (including phenoxy) is 1. The summed E-state index contributed by atoms with van der Waals surface area (Å²) in [6.07, 6.45) is 7.70. The molecule has 0 bridgehead atoms. The molecule has 4 heteroatoms. The standard InChI is InChI=1S/C22H35N3O/c1-18-9-5-6-10-20(18)22(12-7-4-8-13-22)17-24-21(23-2)25(3)15-19-11-14-26-16-19/h5-6,9-10,19H,4,7-8,11-17H2,1-3H3,(H,23,24). The lowest BCUT2D eigenvalue weighted by Gasteiger charge is -2.40. The molecule has 0 amide bonds. The summed E-state index contributed by atoms with van der Waals surface area (Å²) < 4.78 is 5.53. The normalized spacial score (nSPS) is 23.0. The fourth-order valence-electron chi connectivity index (χ4n) is 4.77. The molecule has 1 unspecified atom stereocenters. The van der Waals surface area contributed by atoms with E-state index in [1.807, 2.05) is 7.05 Å². The van der Waals surface area contributed by atoms with Crippen LogP contribution in [-0.2, 0) is 10.2 Å². The first-order valence-corrected chi connectivity index (χ1v) is 10.2. The van der Waals surface area contributed by atoms with Crippen molar-refractivity contribution >= 4 is 5.96 Å². The second kappa shape index (κ2) is 8.90. The van der Waals surface area contributed by atoms with Crippen LogP contribution in [0.3, 0.4) is 0 Å². The van der Waals surface area contributed by atoms with E-state index < -0.39 is 0 Å². The lowest BCUT2D eigenvalue weighted by Crippen LogP contribution is -2.48. The van der Waals surface area contributed by atoms with Crippen molar-refractivity contribution in [1.29, 1.82) is 0 Å². The summed E-state index contributed by atoms with van der Waals surface area (Å²) in [5.41, 5.74) is 3.17. The second-order valence-corrected chi connectivity index (χ2v) is 8.17. The van der Waals surface area contributed by atoms with E-state index >= 15 is 0 Å². The molecule has 0 radical (unpaired) electrons. The fourth-order valence-corrected chi connectivity index (χ4v) is 4.77. The lowest BCUT2D eigenvalue weighted by atomic mass is 9.68. The van der Waals surface area contributed by atoms with Crippen LogP contribution in [0.15, 0.2) is 29.3 Å². The molecule has 0 aromatic heterocycles. The third kappa shape index (κ3) is 4.40. The first kappa shape index (κ1) is 19.2. The van der Waals surface area contributed by atoms with Gasteiger partial charge in [-0.3, -0.25) is 4.99 Å². The maximum atomic E-state index is 5.53. The minimum absolute atomic E-state index is 0.233. The molecule has 1 aliphatic heterocycles. The van der Waals surface area contributed by atoms with E-state index in [2.05, 4.69) is 53.4 Å². The van der Waals surface area contributed by atoms with Crippen molar-refractivity contribution in [3.63, 3.8) is 0 Å². The Bertz CT molecular complexity index is 601. The minimum atomic E-state index is 0.233. The Kier molecular flexibility index (Phi) is 6.58. The first-order valence-electron chi connectivity index (χ1n) is 10.2. The molecule has 2 fully saturated rings. The molecule has 3 rings (SSSR count). The van der Waals surface area contributed by atoms with Gasteiger partial charge in [0.25, 0.3) is 0 Å². The van der Waals surface area contributed by atoms with Gasteiger partial charge in [-0.25, -0.2) is 0 Å². The number of nitrogens with one attached hydrogen (secondary N) is 1. The quantitative estimate of drug-likeness (QED) is 0.644. The van der Waals surface area contributed by atoms with Gasteiger partial charge in [0.2, 0.25) is 0 Å². The largest absolute Gasteiger partial charge is 0.381 e. The van der Waals surface area contributed by atoms with Gasteiger partial charge < -0.3 is 15.0 Å². The smallest absolute Gasteiger partial charge is 0.193 e. The Balaban J connectivity index is 1.69. The molecule has 1 N–H and O–H groups in total. The van der Waals surface area contributed by atoms with E-state index in [0.29, 0.717) is 5.92 Å². The van der Waals surface area contributed by atoms with Gasteiger partial charge in [0, 0.05) is 45.1 Å². The Morgan fingerprint density at radius 1 is 1.27 bits per heavy atom. The van der Waals surface area contributed by atoms with Crippen molar-refractivity contribution < 1.29 is 4.74 Å². The monoisotopic (exact) mass is 357 g/mol. The number of aryl methyl sites for hydroxylation is 1. The zero-order valence-electron chi connectivity index (χ0n) is 16.8. The van der Waals surface area contributed by atoms with Crippen molar-refractivity contribution in [1.82, 2.24) is 10.2 Å². The number of rotatable bonds is 5. The summed E-state index contributed by atoms with van der Waals surface area (Å²) in [5.74, 6) is 1.63. The number of hydrogen-bond acceptors (Lipinski definition) is 2. The van der Waals surface area contributed by atoms with Crippen LogP contribution >= 0.6 is 0 Å². The van der Waals surface area contributed by atoms with Crippen molar-refractivity contribution in [3.8, 4) is 0 Å². The van der Waals surface area contributed by atoms with Crippen LogP contribution in [0.2, 0.25) is 0 Å². The summed E-state index contributed by atoms with van der Waals surface area (Å²) in [6.45, 7) is 6.02. The predicted molar refractivity (Wildman–Crippen MR) is 109 cm³/mol. The van der Waals surface area contributed by atoms with E-state index in [4.69, 9.17) is 4.74 Å². The van der Waals surface area contributed by atoms with Gasteiger partial charge in [0.15, 0.2) is 5.96 Å². The van der Waals surface area contributed by atoms with Crippen molar-refractivity contribution in [2.24, 2.45) is 10.9 Å². The highest BCUT2D eigenvalue weighted by Gasteiger charge is 2.35. The SMILES string of the molecule is CN=C(NCC1(c2ccccc2C)CCCCC1)N(C)CC1CCOC1. The molecule has 1 saturated carbocycles. The van der Waals surface area contributed by atoms with Gasteiger partial charge in [0.1, 0.15) is 0 Å². The fraction of sp³-hybridized carbons (Fsp3) is 0.682. The Hall–Kier alpha value is -1.55. The van der Waals surface area contributed by atoms with Crippen LogP contribution in [0.25, 0.3) is 0 Å². The molecule has 144 valence electrons. The van der Waals surface area contributed by atoms with E-state index in [9.17, 15) is 0 Å². The maximum absolute atomic E-state index is 5.53. The first-order chi connectivity index (χ1) is 12.6. The summed E-state index contributed by atoms with van der Waals surface area (Å²) in [7, 11) is 4.04. The molecule has 1 atom stereocenters. The number of benzene rings is 1. The lowest BCUT2D eigenvalue weighted by molar-refractivity contribution is 0.181. The number of guanidine groups is 1. The van der Waals surface area contributed by atoms with Crippen LogP contribution in [0, 0.1) is 12.8 Å². The van der Waals surface area contributed by atoms with Crippen molar-refractivity contribution in [2.45, 2.75) is 50.9 Å². The van der Waals surface area contributed by atoms with Gasteiger partial charge >= 0.3 is 0 Å². The van der Waals surface area contributed by atoms with Gasteiger partial charge in [-0.05, 0) is 37.3 Å². The van der Waals surface area contributed by atoms with E-state index in [-0.39, 0.29) is 5.41 Å². The molecule has 4 nitrogen and oxygen atoms in total. The molecule has 1 heterocycles. The van der Waals surface area contributed by atoms with Crippen LogP contribution in [0.4, 0.5) is 0 Å². The van der Waals surface area contributed by atoms with E-state index in [1.54, 1.807) is 0 Å². The highest BCUT2D eigenvalue weighted by molar-refractivity contribution is 5.79. The van der Waals surface area contributed by atoms with Crippen LogP contribution in [0.1, 0.15) is 49.7 Å². The summed E-state index contributed by atoms with van der Waals surface area (Å²) in [4.78, 5) is 6.82. The topological polar surface area (TPSA) is 36.9 Å². The number of hydrogen-bond donors (Lipinski definition) is 1. The highest BCUT2D eigenvalue weighted by Crippen LogP contribution is 2.40. The van der Waals surface area contributed by atoms with Crippen molar-refractivity contribution in [2.75, 3.05) is 40.4 Å². The average molecular weight is 358 g/mol. The molecule has 0 spiro atoms. The zero-order valence-corrected chi connectivity index (χ0v) is 16.8. The number of nitrogens with zero attached hydrogens (tertiary/aromatic N) is 2. The van der Waals surface area contributed by atoms with Gasteiger partial charge in [-0.2, -0.15) is 0 Å². The Morgan fingerprint density at radius 2 is 2.04 bits per heavy atom. The highest BCUT2D eigenvalue weighted by atomic mass is 16.5. The van der Waals surface area contributed by atoms with Crippen LogP contribution in [-0.4, -0.2) is 51.3 Å². The number of aliphatic imine (C=N–C) groups is 1. The Labute approximate surface area is 159 Å². The maximum Gasteiger partial charge on any atom is 0.193 e. The van der Waals surface area contributed by atoms with E-state index in [0.717, 1.165) is 38.7 Å². The molecule has 2 aliphatic rings. The Morgan fingerprint density at radius 3 is 2.69 bits per heavy atom. The summed E-state index contributed by atoms with van der Waals surface area (Å²) in [5, 5.41) is 3.71. The third-order valence-electron chi connectivity index (χ3n) is 6.24. The van der Waals surface area contributed by atoms with Crippen LogP contribution in [0.5, 0.6) is 0 Å². The minimum Gasteiger partial charge on any atom is -0.381 e.